The first-order valence-corrected chi connectivity index (χ1v) is 13.0. The zero-order chi connectivity index (χ0) is 17.9. The Labute approximate surface area is 192 Å². The van der Waals surface area contributed by atoms with Crippen molar-refractivity contribution in [2.75, 3.05) is 0 Å². The minimum atomic E-state index is -4.36. The van der Waals surface area contributed by atoms with Gasteiger partial charge in [0.25, 0.3) is 0 Å². The lowest BCUT2D eigenvalue weighted by Gasteiger charge is -2.21. The summed E-state index contributed by atoms with van der Waals surface area (Å²) in [5, 5.41) is 0. The quantitative estimate of drug-likeness (QED) is 0.174. The molecule has 2 aromatic rings. The van der Waals surface area contributed by atoms with Gasteiger partial charge in [-0.15, -0.1) is 0 Å². The van der Waals surface area contributed by atoms with Crippen molar-refractivity contribution in [2.45, 2.75) is 9.79 Å². The van der Waals surface area contributed by atoms with E-state index in [9.17, 15) is 16.8 Å². The molecule has 0 radical (unpaired) electrons. The maximum absolute atomic E-state index is 12.8. The number of para-hydroxylation sites is 2. The Morgan fingerprint density at radius 2 is 0.958 bits per heavy atom. The van der Waals surface area contributed by atoms with E-state index >= 15 is 0 Å². The van der Waals surface area contributed by atoms with E-state index in [1.165, 1.54) is 24.3 Å². The van der Waals surface area contributed by atoms with E-state index in [1.54, 1.807) is 45.2 Å². The monoisotopic (exact) mass is 816 g/mol. The van der Waals surface area contributed by atoms with Crippen LogP contribution in [0.1, 0.15) is 0 Å². The minimum absolute atomic E-state index is 0.175. The third-order valence-electron chi connectivity index (χ3n) is 2.93. The fourth-order valence-corrected chi connectivity index (χ4v) is 10.3. The number of rotatable bonds is 0. The molecule has 24 heavy (non-hydrogen) atoms. The maximum atomic E-state index is 12.8. The average Bonchev–Trinajstić information content (AvgIpc) is 2.48. The second-order valence-corrected chi connectivity index (χ2v) is 11.7. The molecule has 0 N–H and O–H groups in total. The molecule has 0 unspecified atom stereocenters. The zero-order valence-electron chi connectivity index (χ0n) is 11.1. The van der Waals surface area contributed by atoms with Crippen LogP contribution in [0.3, 0.4) is 0 Å². The SMILES string of the molecule is O=S1(=O)Oc2ccccc2OS(=O)(=O)c2c(I)c(I)c(I)c(I)c21. The van der Waals surface area contributed by atoms with Gasteiger partial charge in [0.15, 0.2) is 11.5 Å². The van der Waals surface area contributed by atoms with Gasteiger partial charge in [-0.05, 0) is 102 Å². The lowest BCUT2D eigenvalue weighted by molar-refractivity contribution is 0.435. The summed E-state index contributed by atoms with van der Waals surface area (Å²) in [5.41, 5.74) is 0. The van der Waals surface area contributed by atoms with Crippen molar-refractivity contribution < 1.29 is 25.2 Å². The number of halogens is 4. The summed E-state index contributed by atoms with van der Waals surface area (Å²) in [6.45, 7) is 0. The van der Waals surface area contributed by atoms with Gasteiger partial charge in [-0.1, -0.05) is 12.1 Å². The molecule has 6 nitrogen and oxygen atoms in total. The predicted molar refractivity (Wildman–Crippen MR) is 119 cm³/mol. The Balaban J connectivity index is 2.50. The third kappa shape index (κ3) is 3.26. The lowest BCUT2D eigenvalue weighted by atomic mass is 10.3. The Hall–Kier alpha value is 0.860. The molecule has 0 aromatic heterocycles. The van der Waals surface area contributed by atoms with Crippen LogP contribution >= 0.6 is 90.4 Å². The van der Waals surface area contributed by atoms with E-state index in [4.69, 9.17) is 8.37 Å². The molecule has 0 amide bonds. The molecule has 1 heterocycles. The summed E-state index contributed by atoms with van der Waals surface area (Å²) < 4.78 is 63.2. The van der Waals surface area contributed by atoms with Crippen molar-refractivity contribution in [1.82, 2.24) is 0 Å². The van der Waals surface area contributed by atoms with E-state index in [0.29, 0.717) is 7.14 Å². The minimum Gasteiger partial charge on any atom is -0.375 e. The second kappa shape index (κ2) is 6.79. The lowest BCUT2D eigenvalue weighted by Crippen LogP contribution is -2.24. The molecular formula is C12H4I4O6S2. The van der Waals surface area contributed by atoms with E-state index in [0.717, 1.165) is 0 Å². The Bertz CT molecular complexity index is 993. The van der Waals surface area contributed by atoms with Crippen LogP contribution in [0.2, 0.25) is 0 Å². The largest absolute Gasteiger partial charge is 0.375 e. The van der Waals surface area contributed by atoms with Crippen molar-refractivity contribution in [3.8, 4) is 11.5 Å². The van der Waals surface area contributed by atoms with Gasteiger partial charge in [-0.25, -0.2) is 0 Å². The standard InChI is InChI=1S/C12H4I4O6S2/c13-7-8(14)10(16)12-11(9(7)15)23(17,18)21-5-3-1-2-4-6(5)22-24(12,19)20/h1-4H. The van der Waals surface area contributed by atoms with Crippen molar-refractivity contribution in [3.63, 3.8) is 0 Å². The molecule has 1 aliphatic heterocycles. The smallest absolute Gasteiger partial charge is 0.341 e. The van der Waals surface area contributed by atoms with Crippen LogP contribution in [0.25, 0.3) is 0 Å². The van der Waals surface area contributed by atoms with Gasteiger partial charge in [-0.3, -0.25) is 0 Å². The van der Waals surface area contributed by atoms with Crippen molar-refractivity contribution in [1.29, 1.82) is 0 Å². The summed E-state index contributed by atoms with van der Waals surface area (Å²) in [5.74, 6) is -0.350. The summed E-state index contributed by atoms with van der Waals surface area (Å²) >= 11 is 7.57. The van der Waals surface area contributed by atoms with Crippen LogP contribution in [0.5, 0.6) is 11.5 Å². The van der Waals surface area contributed by atoms with Crippen molar-refractivity contribution in [3.05, 3.63) is 38.5 Å². The average molecular weight is 816 g/mol. The Morgan fingerprint density at radius 1 is 0.625 bits per heavy atom. The molecule has 0 aliphatic carbocycles. The summed E-state index contributed by atoms with van der Waals surface area (Å²) in [6, 6.07) is 5.73. The normalized spacial score (nSPS) is 17.5. The second-order valence-electron chi connectivity index (χ2n) is 4.44. The van der Waals surface area contributed by atoms with Gasteiger partial charge >= 0.3 is 20.2 Å². The summed E-state index contributed by atoms with van der Waals surface area (Å²) in [6.07, 6.45) is 0. The number of fused-ring (bicyclic) bond motifs is 2. The highest BCUT2D eigenvalue weighted by Gasteiger charge is 2.39. The molecular weight excluding hydrogens is 812 g/mol. The van der Waals surface area contributed by atoms with Gasteiger partial charge in [-0.2, -0.15) is 16.8 Å². The zero-order valence-corrected chi connectivity index (χ0v) is 21.4. The first-order chi connectivity index (χ1) is 11.1. The molecule has 128 valence electrons. The number of hydrogen-bond donors (Lipinski definition) is 0. The highest BCUT2D eigenvalue weighted by molar-refractivity contribution is 14.1. The fraction of sp³-hybridized carbons (Fsp3) is 0. The first kappa shape index (κ1) is 19.6. The van der Waals surface area contributed by atoms with Crippen LogP contribution in [-0.2, 0) is 20.2 Å². The van der Waals surface area contributed by atoms with Gasteiger partial charge in [0.2, 0.25) is 0 Å². The molecule has 0 atom stereocenters. The third-order valence-corrected chi connectivity index (χ3v) is 13.8. The van der Waals surface area contributed by atoms with Crippen LogP contribution in [0.4, 0.5) is 0 Å². The van der Waals surface area contributed by atoms with Gasteiger partial charge in [0, 0.05) is 7.14 Å². The highest BCUT2D eigenvalue weighted by atomic mass is 127. The predicted octanol–water partition coefficient (Wildman–Crippen LogP) is 3.95. The van der Waals surface area contributed by atoms with Crippen LogP contribution in [-0.4, -0.2) is 16.8 Å². The van der Waals surface area contributed by atoms with Gasteiger partial charge < -0.3 is 8.37 Å². The highest BCUT2D eigenvalue weighted by Crippen LogP contribution is 2.43. The van der Waals surface area contributed by atoms with Gasteiger partial charge in [0.05, 0.1) is 7.14 Å². The van der Waals surface area contributed by atoms with Gasteiger partial charge in [0.1, 0.15) is 9.79 Å². The van der Waals surface area contributed by atoms with E-state index in [1.807, 2.05) is 45.2 Å². The van der Waals surface area contributed by atoms with E-state index < -0.39 is 30.0 Å². The summed E-state index contributed by atoms with van der Waals surface area (Å²) in [4.78, 5) is -0.793. The fourth-order valence-electron chi connectivity index (χ4n) is 1.95. The van der Waals surface area contributed by atoms with Crippen molar-refractivity contribution in [2.24, 2.45) is 0 Å². The molecule has 0 fully saturated rings. The number of benzene rings is 2. The number of hydrogen-bond acceptors (Lipinski definition) is 6. The van der Waals surface area contributed by atoms with E-state index in [-0.39, 0.29) is 18.6 Å². The van der Waals surface area contributed by atoms with Crippen LogP contribution in [0.15, 0.2) is 34.1 Å². The van der Waals surface area contributed by atoms with Crippen LogP contribution < -0.4 is 8.37 Å². The molecule has 0 saturated carbocycles. The maximum Gasteiger partial charge on any atom is 0.341 e. The topological polar surface area (TPSA) is 86.7 Å². The molecule has 0 spiro atoms. The van der Waals surface area contributed by atoms with Crippen molar-refractivity contribution >= 4 is 111 Å². The molecule has 0 saturated heterocycles. The molecule has 0 bridgehead atoms. The van der Waals surface area contributed by atoms with E-state index in [2.05, 4.69) is 0 Å². The molecule has 3 rings (SSSR count). The Morgan fingerprint density at radius 3 is 1.29 bits per heavy atom. The van der Waals surface area contributed by atoms with Crippen LogP contribution in [0, 0.1) is 14.3 Å². The Kier molecular flexibility index (Phi) is 5.55. The molecule has 12 heteroatoms. The summed E-state index contributed by atoms with van der Waals surface area (Å²) in [7, 11) is -8.72. The molecule has 1 aliphatic rings. The molecule has 2 aromatic carbocycles. The first-order valence-electron chi connectivity index (χ1n) is 5.90.